The first kappa shape index (κ1) is 13.7. The van der Waals surface area contributed by atoms with Crippen molar-refractivity contribution in [3.63, 3.8) is 0 Å². The summed E-state index contributed by atoms with van der Waals surface area (Å²) in [6.07, 6.45) is 4.96. The van der Waals surface area contributed by atoms with Gasteiger partial charge < -0.3 is 14.4 Å². The molecule has 1 aromatic rings. The molecule has 19 heavy (non-hydrogen) atoms. The van der Waals surface area contributed by atoms with Gasteiger partial charge in [-0.3, -0.25) is 4.79 Å². The molecule has 1 amide bonds. The SMILES string of the molecule is CCOCC(=O)N1CCCC(Oc2ccncn2)C1. The summed E-state index contributed by atoms with van der Waals surface area (Å²) >= 11 is 0. The summed E-state index contributed by atoms with van der Waals surface area (Å²) in [6, 6.07) is 1.72. The van der Waals surface area contributed by atoms with Gasteiger partial charge in [0.25, 0.3) is 0 Å². The van der Waals surface area contributed by atoms with Crippen molar-refractivity contribution in [3.8, 4) is 5.88 Å². The van der Waals surface area contributed by atoms with Crippen LogP contribution in [-0.4, -0.2) is 53.2 Å². The number of rotatable bonds is 5. The van der Waals surface area contributed by atoms with E-state index in [2.05, 4.69) is 9.97 Å². The second kappa shape index (κ2) is 7.04. The number of hydrogen-bond donors (Lipinski definition) is 0. The molecular weight excluding hydrogens is 246 g/mol. The maximum Gasteiger partial charge on any atom is 0.248 e. The Labute approximate surface area is 112 Å². The van der Waals surface area contributed by atoms with E-state index in [1.54, 1.807) is 17.2 Å². The van der Waals surface area contributed by atoms with Gasteiger partial charge >= 0.3 is 0 Å². The quantitative estimate of drug-likeness (QED) is 0.791. The van der Waals surface area contributed by atoms with Gasteiger partial charge in [0.1, 0.15) is 19.0 Å². The Balaban J connectivity index is 1.85. The summed E-state index contributed by atoms with van der Waals surface area (Å²) in [5.41, 5.74) is 0. The van der Waals surface area contributed by atoms with Gasteiger partial charge in [0.2, 0.25) is 11.8 Å². The maximum absolute atomic E-state index is 11.9. The average Bonchev–Trinajstić information content (AvgIpc) is 2.46. The van der Waals surface area contributed by atoms with Gasteiger partial charge in [-0.15, -0.1) is 0 Å². The summed E-state index contributed by atoms with van der Waals surface area (Å²) in [4.78, 5) is 21.5. The lowest BCUT2D eigenvalue weighted by Crippen LogP contribution is -2.45. The Morgan fingerprint density at radius 1 is 1.58 bits per heavy atom. The third kappa shape index (κ3) is 4.17. The molecule has 1 unspecified atom stereocenters. The largest absolute Gasteiger partial charge is 0.472 e. The molecule has 1 fully saturated rings. The molecule has 6 nitrogen and oxygen atoms in total. The molecule has 1 atom stereocenters. The van der Waals surface area contributed by atoms with E-state index in [9.17, 15) is 4.79 Å². The molecule has 1 aliphatic rings. The Morgan fingerprint density at radius 2 is 2.47 bits per heavy atom. The first-order valence-corrected chi connectivity index (χ1v) is 6.57. The van der Waals surface area contributed by atoms with Crippen molar-refractivity contribution in [2.75, 3.05) is 26.3 Å². The summed E-state index contributed by atoms with van der Waals surface area (Å²) in [6.45, 7) is 3.95. The molecule has 0 radical (unpaired) electrons. The third-order valence-corrected chi connectivity index (χ3v) is 3.00. The van der Waals surface area contributed by atoms with E-state index in [4.69, 9.17) is 9.47 Å². The number of ether oxygens (including phenoxy) is 2. The van der Waals surface area contributed by atoms with Crippen LogP contribution in [0.4, 0.5) is 0 Å². The van der Waals surface area contributed by atoms with Gasteiger partial charge in [-0.25, -0.2) is 9.97 Å². The van der Waals surface area contributed by atoms with Crippen LogP contribution in [0.2, 0.25) is 0 Å². The number of carbonyl (C=O) groups excluding carboxylic acids is 1. The monoisotopic (exact) mass is 265 g/mol. The fraction of sp³-hybridized carbons (Fsp3) is 0.615. The second-order valence-electron chi connectivity index (χ2n) is 4.41. The minimum absolute atomic E-state index is 0.00535. The Bertz CT molecular complexity index is 399. The Kier molecular flexibility index (Phi) is 5.09. The van der Waals surface area contributed by atoms with Crippen LogP contribution in [0.5, 0.6) is 5.88 Å². The number of hydrogen-bond acceptors (Lipinski definition) is 5. The first-order valence-electron chi connectivity index (χ1n) is 6.57. The molecule has 0 aromatic carbocycles. The second-order valence-corrected chi connectivity index (χ2v) is 4.41. The van der Waals surface area contributed by atoms with Gasteiger partial charge in [-0.1, -0.05) is 0 Å². The predicted octanol–water partition coefficient (Wildman–Crippen LogP) is 0.883. The number of likely N-dealkylation sites (tertiary alicyclic amines) is 1. The fourth-order valence-corrected chi connectivity index (χ4v) is 2.06. The summed E-state index contributed by atoms with van der Waals surface area (Å²) in [5.74, 6) is 0.581. The zero-order valence-electron chi connectivity index (χ0n) is 11.1. The van der Waals surface area contributed by atoms with Crippen LogP contribution < -0.4 is 4.74 Å². The van der Waals surface area contributed by atoms with Crippen molar-refractivity contribution in [2.45, 2.75) is 25.9 Å². The molecule has 0 bridgehead atoms. The minimum atomic E-state index is -0.00535. The van der Waals surface area contributed by atoms with Crippen molar-refractivity contribution >= 4 is 5.91 Å². The van der Waals surface area contributed by atoms with Gasteiger partial charge in [0, 0.05) is 25.4 Å². The molecule has 0 spiro atoms. The lowest BCUT2D eigenvalue weighted by atomic mass is 10.1. The molecule has 1 aliphatic heterocycles. The highest BCUT2D eigenvalue weighted by molar-refractivity contribution is 5.77. The van der Waals surface area contributed by atoms with Crippen LogP contribution in [0, 0.1) is 0 Å². The van der Waals surface area contributed by atoms with Crippen molar-refractivity contribution in [1.82, 2.24) is 14.9 Å². The highest BCUT2D eigenvalue weighted by Crippen LogP contribution is 2.16. The average molecular weight is 265 g/mol. The van der Waals surface area contributed by atoms with Gasteiger partial charge in [0.05, 0.1) is 6.54 Å². The molecule has 0 aliphatic carbocycles. The number of carbonyl (C=O) groups is 1. The lowest BCUT2D eigenvalue weighted by Gasteiger charge is -2.32. The van der Waals surface area contributed by atoms with Crippen molar-refractivity contribution in [2.24, 2.45) is 0 Å². The highest BCUT2D eigenvalue weighted by Gasteiger charge is 2.24. The number of piperidine rings is 1. The van der Waals surface area contributed by atoms with E-state index in [1.807, 2.05) is 6.92 Å². The van der Waals surface area contributed by atoms with Crippen LogP contribution in [0.3, 0.4) is 0 Å². The summed E-state index contributed by atoms with van der Waals surface area (Å²) in [7, 11) is 0. The summed E-state index contributed by atoms with van der Waals surface area (Å²) in [5, 5.41) is 0. The molecular formula is C13H19N3O3. The van der Waals surface area contributed by atoms with Crippen LogP contribution in [0.15, 0.2) is 18.6 Å². The normalized spacial score (nSPS) is 19.2. The number of nitrogens with zero attached hydrogens (tertiary/aromatic N) is 3. The van der Waals surface area contributed by atoms with Crippen LogP contribution >= 0.6 is 0 Å². The van der Waals surface area contributed by atoms with E-state index in [1.165, 1.54) is 6.33 Å². The van der Waals surface area contributed by atoms with Crippen LogP contribution in [-0.2, 0) is 9.53 Å². The van der Waals surface area contributed by atoms with E-state index in [0.717, 1.165) is 19.4 Å². The smallest absolute Gasteiger partial charge is 0.248 e. The predicted molar refractivity (Wildman–Crippen MR) is 68.8 cm³/mol. The van der Waals surface area contributed by atoms with E-state index in [-0.39, 0.29) is 18.6 Å². The van der Waals surface area contributed by atoms with E-state index in [0.29, 0.717) is 19.0 Å². The van der Waals surface area contributed by atoms with E-state index < -0.39 is 0 Å². The topological polar surface area (TPSA) is 64.5 Å². The van der Waals surface area contributed by atoms with Gasteiger partial charge in [-0.05, 0) is 19.8 Å². The van der Waals surface area contributed by atoms with Crippen LogP contribution in [0.25, 0.3) is 0 Å². The highest BCUT2D eigenvalue weighted by atomic mass is 16.5. The molecule has 2 heterocycles. The first-order chi connectivity index (χ1) is 9.29. The number of amides is 1. The lowest BCUT2D eigenvalue weighted by molar-refractivity contribution is -0.138. The van der Waals surface area contributed by atoms with Crippen molar-refractivity contribution < 1.29 is 14.3 Å². The molecule has 0 saturated carbocycles. The standard InChI is InChI=1S/C13H19N3O3/c1-2-18-9-13(17)16-7-3-4-11(8-16)19-12-5-6-14-10-15-12/h5-6,10-11H,2-4,7-9H2,1H3. The molecule has 0 N–H and O–H groups in total. The molecule has 1 aromatic heterocycles. The third-order valence-electron chi connectivity index (χ3n) is 3.00. The molecule has 2 rings (SSSR count). The molecule has 6 heteroatoms. The summed E-state index contributed by atoms with van der Waals surface area (Å²) < 4.78 is 10.9. The Hall–Kier alpha value is -1.69. The Morgan fingerprint density at radius 3 is 3.21 bits per heavy atom. The fourth-order valence-electron chi connectivity index (χ4n) is 2.06. The zero-order chi connectivity index (χ0) is 13.5. The number of aromatic nitrogens is 2. The zero-order valence-corrected chi connectivity index (χ0v) is 11.1. The minimum Gasteiger partial charge on any atom is -0.472 e. The maximum atomic E-state index is 11.9. The van der Waals surface area contributed by atoms with Crippen molar-refractivity contribution in [3.05, 3.63) is 18.6 Å². The van der Waals surface area contributed by atoms with Gasteiger partial charge in [-0.2, -0.15) is 0 Å². The molecule has 1 saturated heterocycles. The molecule has 104 valence electrons. The van der Waals surface area contributed by atoms with Gasteiger partial charge in [0.15, 0.2) is 0 Å². The van der Waals surface area contributed by atoms with Crippen molar-refractivity contribution in [1.29, 1.82) is 0 Å². The van der Waals surface area contributed by atoms with Crippen LogP contribution in [0.1, 0.15) is 19.8 Å². The van der Waals surface area contributed by atoms with E-state index >= 15 is 0 Å².